The molecule has 3 N–H and O–H groups in total. The van der Waals surface area contributed by atoms with Gasteiger partial charge >= 0.3 is 0 Å². The lowest BCUT2D eigenvalue weighted by atomic mass is 10.2. The Bertz CT molecular complexity index is 924. The second-order valence-electron chi connectivity index (χ2n) is 6.00. The zero-order chi connectivity index (χ0) is 19.8. The lowest BCUT2D eigenvalue weighted by molar-refractivity contribution is -0.121. The predicted octanol–water partition coefficient (Wildman–Crippen LogP) is 2.37. The fraction of sp³-hybridized carbons (Fsp3) is 0.263. The summed E-state index contributed by atoms with van der Waals surface area (Å²) in [4.78, 5) is 29.0. The molecule has 2 heterocycles. The van der Waals surface area contributed by atoms with Crippen LogP contribution in [0, 0.1) is 0 Å². The number of phenolic OH excluding ortho intramolecular Hbond substituents is 1. The first-order chi connectivity index (χ1) is 13.6. The van der Waals surface area contributed by atoms with Crippen LogP contribution in [0.4, 0.5) is 0 Å². The van der Waals surface area contributed by atoms with E-state index in [9.17, 15) is 14.7 Å². The number of carbonyl (C=O) groups is 2. The third-order valence-electron chi connectivity index (χ3n) is 3.85. The van der Waals surface area contributed by atoms with E-state index in [2.05, 4.69) is 20.8 Å². The maximum atomic E-state index is 11.9. The van der Waals surface area contributed by atoms with Gasteiger partial charge in [-0.2, -0.15) is 4.98 Å². The van der Waals surface area contributed by atoms with E-state index in [1.165, 1.54) is 23.5 Å². The number of rotatable bonds is 9. The molecule has 2 aromatic heterocycles. The molecule has 3 rings (SSSR count). The first-order valence-electron chi connectivity index (χ1n) is 8.82. The number of phenols is 1. The molecular formula is C19H20N4O4S. The van der Waals surface area contributed by atoms with E-state index in [0.717, 1.165) is 4.88 Å². The minimum Gasteiger partial charge on any atom is -0.508 e. The van der Waals surface area contributed by atoms with Crippen molar-refractivity contribution >= 4 is 23.2 Å². The molecule has 0 atom stereocenters. The highest BCUT2D eigenvalue weighted by atomic mass is 32.1. The number of hydrogen-bond acceptors (Lipinski definition) is 7. The van der Waals surface area contributed by atoms with Gasteiger partial charge in [0, 0.05) is 31.5 Å². The summed E-state index contributed by atoms with van der Waals surface area (Å²) in [5, 5.41) is 20.7. The number of nitrogens with zero attached hydrogens (tertiary/aromatic N) is 2. The minimum atomic E-state index is -0.264. The summed E-state index contributed by atoms with van der Waals surface area (Å²) >= 11 is 1.52. The molecule has 0 aliphatic heterocycles. The average molecular weight is 400 g/mol. The second-order valence-corrected chi connectivity index (χ2v) is 6.95. The van der Waals surface area contributed by atoms with Gasteiger partial charge in [0.05, 0.1) is 4.88 Å². The highest BCUT2D eigenvalue weighted by Crippen LogP contribution is 2.21. The normalized spacial score (nSPS) is 10.6. The topological polar surface area (TPSA) is 117 Å². The Morgan fingerprint density at radius 3 is 2.79 bits per heavy atom. The van der Waals surface area contributed by atoms with Crippen LogP contribution in [0.3, 0.4) is 0 Å². The zero-order valence-corrected chi connectivity index (χ0v) is 15.9. The summed E-state index contributed by atoms with van der Waals surface area (Å²) < 4.78 is 5.16. The maximum Gasteiger partial charge on any atom is 0.251 e. The molecule has 28 heavy (non-hydrogen) atoms. The van der Waals surface area contributed by atoms with Gasteiger partial charge in [-0.05, 0) is 36.1 Å². The van der Waals surface area contributed by atoms with Gasteiger partial charge in [-0.15, -0.1) is 11.3 Å². The molecule has 1 aromatic carbocycles. The highest BCUT2D eigenvalue weighted by Gasteiger charge is 2.11. The monoisotopic (exact) mass is 400 g/mol. The molecule has 0 aliphatic rings. The summed E-state index contributed by atoms with van der Waals surface area (Å²) in [6.45, 7) is 0.867. The predicted molar refractivity (Wildman–Crippen MR) is 104 cm³/mol. The number of aromatic nitrogens is 2. The second kappa shape index (κ2) is 9.65. The molecule has 0 aliphatic carbocycles. The van der Waals surface area contributed by atoms with E-state index >= 15 is 0 Å². The fourth-order valence-electron chi connectivity index (χ4n) is 2.44. The van der Waals surface area contributed by atoms with Crippen LogP contribution >= 0.6 is 11.3 Å². The van der Waals surface area contributed by atoms with Gasteiger partial charge in [-0.25, -0.2) is 0 Å². The number of aryl methyl sites for hydroxylation is 1. The molecule has 0 bridgehead atoms. The highest BCUT2D eigenvalue weighted by molar-refractivity contribution is 7.13. The molecule has 0 spiro atoms. The van der Waals surface area contributed by atoms with Crippen LogP contribution in [0.25, 0.3) is 10.7 Å². The van der Waals surface area contributed by atoms with Crippen LogP contribution < -0.4 is 10.6 Å². The third-order valence-corrected chi connectivity index (χ3v) is 4.71. The summed E-state index contributed by atoms with van der Waals surface area (Å²) in [6.07, 6.45) is 1.22. The van der Waals surface area contributed by atoms with Gasteiger partial charge < -0.3 is 20.3 Å². The van der Waals surface area contributed by atoms with Crippen molar-refractivity contribution in [3.8, 4) is 16.5 Å². The molecule has 2 amide bonds. The fourth-order valence-corrected chi connectivity index (χ4v) is 3.09. The van der Waals surface area contributed by atoms with Crippen LogP contribution in [0.1, 0.15) is 29.1 Å². The SMILES string of the molecule is O=C(CCc1nc(-c2cccs2)no1)NCCCNC(=O)c1cccc(O)c1. The lowest BCUT2D eigenvalue weighted by Crippen LogP contribution is -2.30. The molecule has 146 valence electrons. The van der Waals surface area contributed by atoms with Gasteiger partial charge in [0.2, 0.25) is 17.6 Å². The molecular weight excluding hydrogens is 380 g/mol. The van der Waals surface area contributed by atoms with Gasteiger partial charge in [0.15, 0.2) is 0 Å². The Labute approximate surface area is 165 Å². The Balaban J connectivity index is 1.30. The Hall–Kier alpha value is -3.20. The molecule has 9 heteroatoms. The number of thiophene rings is 1. The standard InChI is InChI=1S/C19H20N4O4S/c24-14-5-1-4-13(12-14)19(26)21-10-3-9-20-16(25)7-8-17-22-18(23-27-17)15-6-2-11-28-15/h1-2,4-6,11-12,24H,3,7-10H2,(H,20,25)(H,21,26). The quantitative estimate of drug-likeness (QED) is 0.475. The van der Waals surface area contributed by atoms with Crippen LogP contribution in [0.5, 0.6) is 5.75 Å². The Morgan fingerprint density at radius 2 is 2.00 bits per heavy atom. The first kappa shape index (κ1) is 19.6. The number of amides is 2. The van der Waals surface area contributed by atoms with Gasteiger partial charge in [0.25, 0.3) is 5.91 Å². The number of benzene rings is 1. The molecule has 0 radical (unpaired) electrons. The van der Waals surface area contributed by atoms with Crippen molar-refractivity contribution in [1.29, 1.82) is 0 Å². The van der Waals surface area contributed by atoms with Crippen molar-refractivity contribution < 1.29 is 19.2 Å². The Kier molecular flexibility index (Phi) is 6.74. The average Bonchev–Trinajstić information content (AvgIpc) is 3.37. The summed E-state index contributed by atoms with van der Waals surface area (Å²) in [6, 6.07) is 9.96. The largest absolute Gasteiger partial charge is 0.508 e. The van der Waals surface area contributed by atoms with E-state index in [1.54, 1.807) is 12.1 Å². The van der Waals surface area contributed by atoms with Crippen LogP contribution in [-0.2, 0) is 11.2 Å². The van der Waals surface area contributed by atoms with Crippen molar-refractivity contribution in [2.24, 2.45) is 0 Å². The van der Waals surface area contributed by atoms with E-state index in [4.69, 9.17) is 4.52 Å². The molecule has 0 saturated carbocycles. The number of nitrogens with one attached hydrogen (secondary N) is 2. The van der Waals surface area contributed by atoms with Crippen molar-refractivity contribution in [2.75, 3.05) is 13.1 Å². The van der Waals surface area contributed by atoms with Gasteiger partial charge in [-0.3, -0.25) is 9.59 Å². The van der Waals surface area contributed by atoms with E-state index < -0.39 is 0 Å². The summed E-state index contributed by atoms with van der Waals surface area (Å²) in [5.74, 6) is 0.629. The van der Waals surface area contributed by atoms with Gasteiger partial charge in [0.1, 0.15) is 5.75 Å². The lowest BCUT2D eigenvalue weighted by Gasteiger charge is -2.07. The zero-order valence-electron chi connectivity index (χ0n) is 15.1. The molecule has 0 fully saturated rings. The Morgan fingerprint density at radius 1 is 1.14 bits per heavy atom. The molecule has 0 saturated heterocycles. The number of hydrogen-bond donors (Lipinski definition) is 3. The van der Waals surface area contributed by atoms with Crippen molar-refractivity contribution in [3.05, 3.63) is 53.2 Å². The summed E-state index contributed by atoms with van der Waals surface area (Å²) in [5.41, 5.74) is 0.394. The minimum absolute atomic E-state index is 0.0451. The van der Waals surface area contributed by atoms with E-state index in [-0.39, 0.29) is 24.0 Å². The number of carbonyl (C=O) groups excluding carboxylic acids is 2. The summed E-state index contributed by atoms with van der Waals surface area (Å²) in [7, 11) is 0. The molecule has 3 aromatic rings. The van der Waals surface area contributed by atoms with Crippen molar-refractivity contribution in [1.82, 2.24) is 20.8 Å². The van der Waals surface area contributed by atoms with Crippen LogP contribution in [-0.4, -0.2) is 40.2 Å². The smallest absolute Gasteiger partial charge is 0.251 e. The van der Waals surface area contributed by atoms with E-state index in [0.29, 0.717) is 43.2 Å². The van der Waals surface area contributed by atoms with Crippen LogP contribution in [0.2, 0.25) is 0 Å². The molecule has 0 unspecified atom stereocenters. The van der Waals surface area contributed by atoms with Crippen molar-refractivity contribution in [3.63, 3.8) is 0 Å². The van der Waals surface area contributed by atoms with Crippen LogP contribution in [0.15, 0.2) is 46.3 Å². The van der Waals surface area contributed by atoms with E-state index in [1.807, 2.05) is 17.5 Å². The molecule has 8 nitrogen and oxygen atoms in total. The maximum absolute atomic E-state index is 11.9. The first-order valence-corrected chi connectivity index (χ1v) is 9.70. The number of aromatic hydroxyl groups is 1. The third kappa shape index (κ3) is 5.65. The van der Waals surface area contributed by atoms with Gasteiger partial charge in [-0.1, -0.05) is 17.3 Å². The van der Waals surface area contributed by atoms with Crippen molar-refractivity contribution in [2.45, 2.75) is 19.3 Å².